The second-order valence-electron chi connectivity index (χ2n) is 9.36. The highest BCUT2D eigenvalue weighted by Gasteiger charge is 2.28. The highest BCUT2D eigenvalue weighted by Crippen LogP contribution is 2.43. The summed E-state index contributed by atoms with van der Waals surface area (Å²) in [5, 5.41) is 21.5. The molecule has 0 spiro atoms. The summed E-state index contributed by atoms with van der Waals surface area (Å²) in [4.78, 5) is 25.6. The Morgan fingerprint density at radius 3 is 2.23 bits per heavy atom. The summed E-state index contributed by atoms with van der Waals surface area (Å²) in [6, 6.07) is 28.6. The molecule has 0 radical (unpaired) electrons. The largest absolute Gasteiger partial charge is 0.507 e. The van der Waals surface area contributed by atoms with Crippen LogP contribution in [0, 0.1) is 0 Å². The summed E-state index contributed by atoms with van der Waals surface area (Å²) in [6.07, 6.45) is 0.612. The topological polar surface area (TPSA) is 106 Å². The smallest absolute Gasteiger partial charge is 0.306 e. The van der Waals surface area contributed by atoms with Crippen molar-refractivity contribution in [3.63, 3.8) is 0 Å². The van der Waals surface area contributed by atoms with Crippen LogP contribution < -0.4 is 10.2 Å². The molecule has 0 bridgehead atoms. The molecule has 40 heavy (non-hydrogen) atoms. The molecule has 2 N–H and O–H groups in total. The number of hydrogen-bond donors (Lipinski definition) is 2. The van der Waals surface area contributed by atoms with Gasteiger partial charge in [-0.1, -0.05) is 72.8 Å². The van der Waals surface area contributed by atoms with E-state index in [1.165, 1.54) is 18.7 Å². The lowest BCUT2D eigenvalue weighted by Crippen LogP contribution is -2.12. The van der Waals surface area contributed by atoms with Gasteiger partial charge in [0, 0.05) is 35.6 Å². The number of carbonyl (C=O) groups excluding carboxylic acids is 1. The quantitative estimate of drug-likeness (QED) is 0.216. The fourth-order valence-electron chi connectivity index (χ4n) is 4.77. The molecule has 0 aliphatic carbocycles. The molecule has 0 aliphatic heterocycles. The molecule has 0 saturated carbocycles. The molecule has 4 aromatic carbocycles. The van der Waals surface area contributed by atoms with Crippen LogP contribution in [0.4, 0.5) is 0 Å². The number of ether oxygens (including phenoxy) is 2. The number of methoxy groups -OCH3 is 1. The van der Waals surface area contributed by atoms with Crippen LogP contribution in [-0.2, 0) is 16.0 Å². The van der Waals surface area contributed by atoms with Gasteiger partial charge in [-0.15, -0.1) is 0 Å². The minimum atomic E-state index is -0.747. The lowest BCUT2D eigenvalue weighted by molar-refractivity contribution is -0.140. The fourth-order valence-corrected chi connectivity index (χ4v) is 4.77. The summed E-state index contributed by atoms with van der Waals surface area (Å²) < 4.78 is 17.0. The van der Waals surface area contributed by atoms with Crippen molar-refractivity contribution in [2.45, 2.75) is 18.8 Å². The van der Waals surface area contributed by atoms with Gasteiger partial charge in [-0.2, -0.15) is 0 Å². The first-order valence-corrected chi connectivity index (χ1v) is 12.9. The van der Waals surface area contributed by atoms with E-state index in [-0.39, 0.29) is 34.5 Å². The van der Waals surface area contributed by atoms with E-state index in [4.69, 9.17) is 13.9 Å². The molecule has 1 atom stereocenters. The molecule has 1 aromatic heterocycles. The average molecular weight is 537 g/mol. The van der Waals surface area contributed by atoms with E-state index in [9.17, 15) is 19.8 Å². The minimum absolute atomic E-state index is 0.000874. The number of fused-ring (bicyclic) bond motifs is 1. The van der Waals surface area contributed by atoms with Crippen molar-refractivity contribution in [3.05, 3.63) is 124 Å². The third-order valence-corrected chi connectivity index (χ3v) is 6.79. The molecule has 0 amide bonds. The standard InChI is InChI=1S/C33H28O7/c1-38-30(37)18-25(22-12-14-24(15-13-22)39-17-16-21-8-4-2-5-9-21)31-26(34)19-27(35)32-28(36)20-29(40-33(31)32)23-10-6-3-7-11-23/h2-15,19-20,25,34-35H,16-18H2,1H3/t25-/m0/s1. The number of aromatic hydroxyl groups is 2. The number of rotatable bonds is 9. The van der Waals surface area contributed by atoms with Gasteiger partial charge in [0.25, 0.3) is 0 Å². The van der Waals surface area contributed by atoms with Crippen molar-refractivity contribution < 1.29 is 28.9 Å². The van der Waals surface area contributed by atoms with Crippen LogP contribution in [0.5, 0.6) is 17.2 Å². The zero-order valence-electron chi connectivity index (χ0n) is 21.9. The predicted octanol–water partition coefficient (Wildman–Crippen LogP) is 6.19. The van der Waals surface area contributed by atoms with Crippen molar-refractivity contribution in [1.82, 2.24) is 0 Å². The number of hydrogen-bond acceptors (Lipinski definition) is 7. The van der Waals surface area contributed by atoms with Gasteiger partial charge < -0.3 is 24.1 Å². The molecule has 5 aromatic rings. The summed E-state index contributed by atoms with van der Waals surface area (Å²) >= 11 is 0. The molecule has 0 fully saturated rings. The van der Waals surface area contributed by atoms with Gasteiger partial charge >= 0.3 is 5.97 Å². The predicted molar refractivity (Wildman–Crippen MR) is 152 cm³/mol. The number of esters is 1. The molecular weight excluding hydrogens is 508 g/mol. The zero-order valence-corrected chi connectivity index (χ0v) is 21.9. The molecule has 0 aliphatic rings. The second kappa shape index (κ2) is 11.8. The minimum Gasteiger partial charge on any atom is -0.507 e. The molecule has 5 rings (SSSR count). The Hall–Kier alpha value is -5.04. The third kappa shape index (κ3) is 5.68. The van der Waals surface area contributed by atoms with Gasteiger partial charge in [0.2, 0.25) is 0 Å². The van der Waals surface area contributed by atoms with E-state index >= 15 is 0 Å². The molecule has 0 unspecified atom stereocenters. The highest BCUT2D eigenvalue weighted by molar-refractivity contribution is 5.90. The number of benzene rings is 4. The summed E-state index contributed by atoms with van der Waals surface area (Å²) in [5.41, 5.74) is 2.21. The van der Waals surface area contributed by atoms with Crippen molar-refractivity contribution in [3.8, 4) is 28.6 Å². The highest BCUT2D eigenvalue weighted by atomic mass is 16.5. The van der Waals surface area contributed by atoms with E-state index in [1.54, 1.807) is 36.4 Å². The first-order chi connectivity index (χ1) is 19.4. The number of phenols is 2. The van der Waals surface area contributed by atoms with E-state index in [2.05, 4.69) is 0 Å². The summed E-state index contributed by atoms with van der Waals surface area (Å²) in [6.45, 7) is 0.492. The maximum Gasteiger partial charge on any atom is 0.306 e. The SMILES string of the molecule is COC(=O)C[C@@H](c1ccc(OCCc2ccccc2)cc1)c1c(O)cc(O)c2c(=O)cc(-c3ccccc3)oc12. The molecule has 0 saturated heterocycles. The first kappa shape index (κ1) is 26.6. The third-order valence-electron chi connectivity index (χ3n) is 6.79. The van der Waals surface area contributed by atoms with Crippen LogP contribution in [0.1, 0.15) is 29.0 Å². The van der Waals surface area contributed by atoms with Gasteiger partial charge in [-0.25, -0.2) is 0 Å². The van der Waals surface area contributed by atoms with E-state index in [1.807, 2.05) is 48.5 Å². The second-order valence-corrected chi connectivity index (χ2v) is 9.36. The number of phenolic OH excluding ortho intramolecular Hbond substituents is 2. The Kier molecular flexibility index (Phi) is 7.82. The Bertz CT molecular complexity index is 1670. The molecule has 202 valence electrons. The average Bonchev–Trinajstić information content (AvgIpc) is 2.97. The van der Waals surface area contributed by atoms with Crippen LogP contribution in [0.2, 0.25) is 0 Å². The van der Waals surface area contributed by atoms with Crippen LogP contribution in [0.15, 0.2) is 106 Å². The molecule has 7 nitrogen and oxygen atoms in total. The van der Waals surface area contributed by atoms with Crippen molar-refractivity contribution >= 4 is 16.9 Å². The Balaban J connectivity index is 1.55. The van der Waals surface area contributed by atoms with Gasteiger partial charge in [-0.05, 0) is 23.3 Å². The Morgan fingerprint density at radius 2 is 1.55 bits per heavy atom. The van der Waals surface area contributed by atoms with Crippen LogP contribution >= 0.6 is 0 Å². The monoisotopic (exact) mass is 536 g/mol. The lowest BCUT2D eigenvalue weighted by Gasteiger charge is -2.20. The van der Waals surface area contributed by atoms with Crippen LogP contribution in [0.3, 0.4) is 0 Å². The fraction of sp³-hybridized carbons (Fsp3) is 0.152. The van der Waals surface area contributed by atoms with Gasteiger partial charge in [0.1, 0.15) is 34.0 Å². The van der Waals surface area contributed by atoms with Gasteiger partial charge in [0.05, 0.1) is 20.1 Å². The maximum atomic E-state index is 13.1. The summed E-state index contributed by atoms with van der Waals surface area (Å²) in [7, 11) is 1.28. The Morgan fingerprint density at radius 1 is 0.875 bits per heavy atom. The zero-order chi connectivity index (χ0) is 28.1. The van der Waals surface area contributed by atoms with E-state index in [0.29, 0.717) is 23.5 Å². The maximum absolute atomic E-state index is 13.1. The van der Waals surface area contributed by atoms with E-state index in [0.717, 1.165) is 12.5 Å². The Labute approximate surface area is 230 Å². The number of carbonyl (C=O) groups is 1. The first-order valence-electron chi connectivity index (χ1n) is 12.9. The van der Waals surface area contributed by atoms with Crippen molar-refractivity contribution in [2.75, 3.05) is 13.7 Å². The molecule has 7 heteroatoms. The normalized spacial score (nSPS) is 11.7. The van der Waals surface area contributed by atoms with Crippen molar-refractivity contribution in [1.29, 1.82) is 0 Å². The van der Waals surface area contributed by atoms with Gasteiger partial charge in [-0.3, -0.25) is 9.59 Å². The van der Waals surface area contributed by atoms with Gasteiger partial charge in [0.15, 0.2) is 5.43 Å². The van der Waals surface area contributed by atoms with E-state index < -0.39 is 23.1 Å². The lowest BCUT2D eigenvalue weighted by atomic mass is 9.86. The van der Waals surface area contributed by atoms with Crippen LogP contribution in [0.25, 0.3) is 22.3 Å². The summed E-state index contributed by atoms with van der Waals surface area (Å²) in [5.74, 6) is -1.07. The molecule has 1 heterocycles. The van der Waals surface area contributed by atoms with Crippen molar-refractivity contribution in [2.24, 2.45) is 0 Å². The van der Waals surface area contributed by atoms with Crippen LogP contribution in [-0.4, -0.2) is 29.9 Å². The molecular formula is C33H28O7.